The molecule has 0 aromatic heterocycles. The Labute approximate surface area is 114 Å². The van der Waals surface area contributed by atoms with Gasteiger partial charge in [-0.05, 0) is 19.4 Å². The van der Waals surface area contributed by atoms with Crippen molar-refractivity contribution in [2.45, 2.75) is 38.8 Å². The maximum atomic E-state index is 12.0. The summed E-state index contributed by atoms with van der Waals surface area (Å²) < 4.78 is 5.42. The van der Waals surface area contributed by atoms with E-state index in [1.807, 2.05) is 6.92 Å². The molecule has 0 spiro atoms. The van der Waals surface area contributed by atoms with Crippen LogP contribution in [-0.4, -0.2) is 23.6 Å². The second-order valence-corrected chi connectivity index (χ2v) is 5.10. The second-order valence-electron chi connectivity index (χ2n) is 5.10. The van der Waals surface area contributed by atoms with Gasteiger partial charge in [0.25, 0.3) is 0 Å². The third-order valence-electron chi connectivity index (χ3n) is 3.65. The highest BCUT2D eigenvalue weighted by molar-refractivity contribution is 5.69. The quantitative estimate of drug-likeness (QED) is 0.769. The normalized spacial score (nSPS) is 20.8. The van der Waals surface area contributed by atoms with E-state index in [0.717, 1.165) is 24.9 Å². The van der Waals surface area contributed by atoms with Crippen LogP contribution in [0.5, 0.6) is 0 Å². The van der Waals surface area contributed by atoms with Gasteiger partial charge in [-0.3, -0.25) is 0 Å². The summed E-state index contributed by atoms with van der Waals surface area (Å²) in [6.45, 7) is 8.53. The predicted octanol–water partition coefficient (Wildman–Crippen LogP) is 3.84. The molecule has 2 atom stereocenters. The molecule has 1 aromatic carbocycles. The van der Waals surface area contributed by atoms with Crippen molar-refractivity contribution in [2.75, 3.05) is 6.54 Å². The molecule has 0 aliphatic carbocycles. The fraction of sp³-hybridized carbons (Fsp3) is 0.438. The summed E-state index contributed by atoms with van der Waals surface area (Å²) in [4.78, 5) is 13.8. The summed E-state index contributed by atoms with van der Waals surface area (Å²) in [6.07, 6.45) is 3.18. The van der Waals surface area contributed by atoms with Crippen molar-refractivity contribution in [1.82, 2.24) is 4.90 Å². The van der Waals surface area contributed by atoms with Gasteiger partial charge in [-0.15, -0.1) is 6.58 Å². The summed E-state index contributed by atoms with van der Waals surface area (Å²) in [5.41, 5.74) is 2.37. The van der Waals surface area contributed by atoms with Gasteiger partial charge in [0.15, 0.2) is 0 Å². The van der Waals surface area contributed by atoms with Crippen molar-refractivity contribution in [1.29, 1.82) is 0 Å². The average molecular weight is 259 g/mol. The first kappa shape index (κ1) is 13.7. The fourth-order valence-electron chi connectivity index (χ4n) is 2.37. The first-order valence-electron chi connectivity index (χ1n) is 6.76. The highest BCUT2D eigenvalue weighted by atomic mass is 16.6. The van der Waals surface area contributed by atoms with E-state index in [0.29, 0.717) is 0 Å². The zero-order valence-electron chi connectivity index (χ0n) is 11.6. The first-order chi connectivity index (χ1) is 9.11. The Morgan fingerprint density at radius 1 is 1.47 bits per heavy atom. The van der Waals surface area contributed by atoms with Crippen molar-refractivity contribution >= 4 is 6.09 Å². The SMILES string of the molecule is C=CCC1CCN(C(C)c2ccc(C)cc2)C(=O)O1. The number of amides is 1. The molecule has 1 heterocycles. The highest BCUT2D eigenvalue weighted by Gasteiger charge is 2.30. The van der Waals surface area contributed by atoms with Crippen molar-refractivity contribution in [3.05, 3.63) is 48.0 Å². The summed E-state index contributed by atoms with van der Waals surface area (Å²) in [5, 5.41) is 0. The van der Waals surface area contributed by atoms with Gasteiger partial charge < -0.3 is 9.64 Å². The van der Waals surface area contributed by atoms with Crippen LogP contribution in [0.4, 0.5) is 4.79 Å². The van der Waals surface area contributed by atoms with Crippen LogP contribution in [0, 0.1) is 6.92 Å². The number of rotatable bonds is 4. The van der Waals surface area contributed by atoms with E-state index in [1.54, 1.807) is 11.0 Å². The van der Waals surface area contributed by atoms with Crippen LogP contribution in [0.3, 0.4) is 0 Å². The molecule has 0 saturated carbocycles. The fourth-order valence-corrected chi connectivity index (χ4v) is 2.37. The molecule has 0 radical (unpaired) electrons. The van der Waals surface area contributed by atoms with Gasteiger partial charge in [0.1, 0.15) is 6.10 Å². The second kappa shape index (κ2) is 5.91. The number of nitrogens with zero attached hydrogens (tertiary/aromatic N) is 1. The predicted molar refractivity (Wildman–Crippen MR) is 76.0 cm³/mol. The molecule has 3 heteroatoms. The van der Waals surface area contributed by atoms with Gasteiger partial charge in [-0.25, -0.2) is 4.79 Å². The number of hydrogen-bond acceptors (Lipinski definition) is 2. The maximum Gasteiger partial charge on any atom is 0.410 e. The lowest BCUT2D eigenvalue weighted by molar-refractivity contribution is 0.0146. The minimum atomic E-state index is -0.217. The number of aryl methyl sites for hydroxylation is 1. The summed E-state index contributed by atoms with van der Waals surface area (Å²) in [7, 11) is 0. The molecule has 1 aliphatic heterocycles. The lowest BCUT2D eigenvalue weighted by Crippen LogP contribution is -2.43. The number of benzene rings is 1. The molecule has 19 heavy (non-hydrogen) atoms. The minimum Gasteiger partial charge on any atom is -0.446 e. The smallest absolute Gasteiger partial charge is 0.410 e. The van der Waals surface area contributed by atoms with Crippen LogP contribution < -0.4 is 0 Å². The Hall–Kier alpha value is -1.77. The van der Waals surface area contributed by atoms with E-state index in [4.69, 9.17) is 4.74 Å². The van der Waals surface area contributed by atoms with Gasteiger partial charge in [0, 0.05) is 19.4 Å². The summed E-state index contributed by atoms with van der Waals surface area (Å²) in [6, 6.07) is 8.34. The Morgan fingerprint density at radius 3 is 2.74 bits per heavy atom. The average Bonchev–Trinajstić information content (AvgIpc) is 2.39. The monoisotopic (exact) mass is 259 g/mol. The third-order valence-corrected chi connectivity index (χ3v) is 3.65. The minimum absolute atomic E-state index is 0.00790. The Balaban J connectivity index is 2.04. The number of carbonyl (C=O) groups is 1. The Kier molecular flexibility index (Phi) is 4.25. The van der Waals surface area contributed by atoms with Gasteiger partial charge in [0.05, 0.1) is 6.04 Å². The molecule has 1 aromatic rings. The van der Waals surface area contributed by atoms with Crippen molar-refractivity contribution in [3.63, 3.8) is 0 Å². The first-order valence-corrected chi connectivity index (χ1v) is 6.76. The molecule has 2 unspecified atom stereocenters. The van der Waals surface area contributed by atoms with Crippen LogP contribution in [-0.2, 0) is 4.74 Å². The van der Waals surface area contributed by atoms with Gasteiger partial charge in [-0.1, -0.05) is 35.9 Å². The van der Waals surface area contributed by atoms with Crippen LogP contribution in [0.15, 0.2) is 36.9 Å². The molecule has 0 N–H and O–H groups in total. The maximum absolute atomic E-state index is 12.0. The Bertz CT molecular complexity index is 452. The number of ether oxygens (including phenoxy) is 1. The number of hydrogen-bond donors (Lipinski definition) is 0. The van der Waals surface area contributed by atoms with E-state index < -0.39 is 0 Å². The van der Waals surface area contributed by atoms with Crippen molar-refractivity contribution in [2.24, 2.45) is 0 Å². The summed E-state index contributed by atoms with van der Waals surface area (Å²) >= 11 is 0. The zero-order chi connectivity index (χ0) is 13.8. The number of cyclic esters (lactones) is 1. The highest BCUT2D eigenvalue weighted by Crippen LogP contribution is 2.26. The molecule has 1 aliphatic rings. The lowest BCUT2D eigenvalue weighted by atomic mass is 10.0. The molecule has 102 valence electrons. The number of carbonyl (C=O) groups excluding carboxylic acids is 1. The third kappa shape index (κ3) is 3.16. The van der Waals surface area contributed by atoms with E-state index in [2.05, 4.69) is 37.8 Å². The topological polar surface area (TPSA) is 29.5 Å². The zero-order valence-corrected chi connectivity index (χ0v) is 11.6. The van der Waals surface area contributed by atoms with Gasteiger partial charge in [0.2, 0.25) is 0 Å². The van der Waals surface area contributed by atoms with Gasteiger partial charge in [-0.2, -0.15) is 0 Å². The molecule has 0 bridgehead atoms. The molecule has 2 rings (SSSR count). The van der Waals surface area contributed by atoms with Crippen LogP contribution in [0.25, 0.3) is 0 Å². The standard InChI is InChI=1S/C16H21NO2/c1-4-5-15-10-11-17(16(18)19-15)13(3)14-8-6-12(2)7-9-14/h4,6-9,13,15H,1,5,10-11H2,2-3H3. The van der Waals surface area contributed by atoms with Crippen molar-refractivity contribution in [3.8, 4) is 0 Å². The molecule has 3 nitrogen and oxygen atoms in total. The summed E-state index contributed by atoms with van der Waals surface area (Å²) in [5.74, 6) is 0. The van der Waals surface area contributed by atoms with E-state index in [-0.39, 0.29) is 18.2 Å². The van der Waals surface area contributed by atoms with Crippen molar-refractivity contribution < 1.29 is 9.53 Å². The van der Waals surface area contributed by atoms with Gasteiger partial charge >= 0.3 is 6.09 Å². The molecular formula is C16H21NO2. The van der Waals surface area contributed by atoms with E-state index in [1.165, 1.54) is 5.56 Å². The molecule has 1 saturated heterocycles. The molecule has 1 amide bonds. The Morgan fingerprint density at radius 2 is 2.16 bits per heavy atom. The van der Waals surface area contributed by atoms with Crippen LogP contribution in [0.1, 0.15) is 36.9 Å². The molecule has 1 fully saturated rings. The van der Waals surface area contributed by atoms with E-state index in [9.17, 15) is 4.79 Å². The molecular weight excluding hydrogens is 238 g/mol. The van der Waals surface area contributed by atoms with Crippen LogP contribution in [0.2, 0.25) is 0 Å². The van der Waals surface area contributed by atoms with Crippen LogP contribution >= 0.6 is 0 Å². The largest absolute Gasteiger partial charge is 0.446 e. The van der Waals surface area contributed by atoms with E-state index >= 15 is 0 Å². The lowest BCUT2D eigenvalue weighted by Gasteiger charge is -2.35.